The zero-order valence-electron chi connectivity index (χ0n) is 16.7. The summed E-state index contributed by atoms with van der Waals surface area (Å²) in [4.78, 5) is 43.1. The van der Waals surface area contributed by atoms with Crippen LogP contribution in [-0.4, -0.2) is 35.8 Å². The number of nitrogens with zero attached hydrogens (tertiary/aromatic N) is 2. The zero-order chi connectivity index (χ0) is 22.0. The number of carbonyl (C=O) groups excluding carboxylic acids is 3. The number of ether oxygens (including phenoxy) is 1. The summed E-state index contributed by atoms with van der Waals surface area (Å²) in [6, 6.07) is 14.3. The molecular formula is C23H19ClN2O4S. The molecule has 4 rings (SSSR count). The van der Waals surface area contributed by atoms with Gasteiger partial charge in [0.15, 0.2) is 17.5 Å². The lowest BCUT2D eigenvalue weighted by Gasteiger charge is -2.12. The average Bonchev–Trinajstić information content (AvgIpc) is 3.39. The highest BCUT2D eigenvalue weighted by Crippen LogP contribution is 2.32. The number of ketones is 1. The van der Waals surface area contributed by atoms with E-state index in [1.807, 2.05) is 36.6 Å². The minimum atomic E-state index is -0.624. The van der Waals surface area contributed by atoms with Crippen molar-refractivity contribution in [2.75, 3.05) is 18.1 Å². The zero-order valence-corrected chi connectivity index (χ0v) is 18.3. The first-order valence-electron chi connectivity index (χ1n) is 9.69. The first-order valence-corrected chi connectivity index (χ1v) is 10.9. The molecule has 1 fully saturated rings. The third-order valence-electron chi connectivity index (χ3n) is 5.04. The van der Waals surface area contributed by atoms with Crippen molar-refractivity contribution in [2.45, 2.75) is 13.3 Å². The van der Waals surface area contributed by atoms with Crippen molar-refractivity contribution in [3.8, 4) is 11.3 Å². The van der Waals surface area contributed by atoms with Gasteiger partial charge in [-0.15, -0.1) is 11.3 Å². The van der Waals surface area contributed by atoms with E-state index < -0.39 is 11.9 Å². The van der Waals surface area contributed by atoms with Gasteiger partial charge in [0, 0.05) is 34.5 Å². The molecule has 31 heavy (non-hydrogen) atoms. The fraction of sp³-hybridized carbons (Fsp3) is 0.217. The number of amides is 1. The summed E-state index contributed by atoms with van der Waals surface area (Å²) >= 11 is 7.26. The second-order valence-electron chi connectivity index (χ2n) is 7.32. The van der Waals surface area contributed by atoms with Gasteiger partial charge in [0.25, 0.3) is 0 Å². The Labute approximate surface area is 188 Å². The number of Topliss-reactive ketones (excluding diaryl/α,β-unsaturated/α-hetero) is 1. The van der Waals surface area contributed by atoms with Crippen molar-refractivity contribution in [3.63, 3.8) is 0 Å². The first kappa shape index (κ1) is 21.2. The summed E-state index contributed by atoms with van der Waals surface area (Å²) in [5, 5.41) is 3.02. The number of carbonyl (C=O) groups is 3. The molecule has 2 heterocycles. The summed E-state index contributed by atoms with van der Waals surface area (Å²) in [5.41, 5.74) is 3.16. The van der Waals surface area contributed by atoms with Crippen LogP contribution in [0.3, 0.4) is 0 Å². The highest BCUT2D eigenvalue weighted by Gasteiger charge is 2.37. The van der Waals surface area contributed by atoms with Crippen LogP contribution in [0, 0.1) is 12.8 Å². The Bertz CT molecular complexity index is 1130. The lowest BCUT2D eigenvalue weighted by atomic mass is 10.1. The average molecular weight is 455 g/mol. The molecule has 1 atom stereocenters. The van der Waals surface area contributed by atoms with Gasteiger partial charge in [0.2, 0.25) is 5.91 Å². The minimum Gasteiger partial charge on any atom is -0.457 e. The quantitative estimate of drug-likeness (QED) is 0.403. The van der Waals surface area contributed by atoms with Gasteiger partial charge >= 0.3 is 5.97 Å². The standard InChI is InChI=1S/C23H19ClN2O4S/c1-14-2-4-16(5-3-14)20(27)12-30-22(29)17-10-21(28)26(11-17)23-25-19(13-31-23)15-6-8-18(24)9-7-15/h2-9,13,17H,10-12H2,1H3. The monoisotopic (exact) mass is 454 g/mol. The third-order valence-corrected chi connectivity index (χ3v) is 6.16. The van der Waals surface area contributed by atoms with Crippen LogP contribution in [0.15, 0.2) is 53.9 Å². The number of benzene rings is 2. The minimum absolute atomic E-state index is 0.0351. The molecule has 3 aromatic rings. The van der Waals surface area contributed by atoms with E-state index in [0.29, 0.717) is 15.7 Å². The second kappa shape index (κ2) is 8.99. The van der Waals surface area contributed by atoms with Crippen LogP contribution in [0.25, 0.3) is 11.3 Å². The number of hydrogen-bond acceptors (Lipinski definition) is 6. The largest absolute Gasteiger partial charge is 0.457 e. The molecular weight excluding hydrogens is 436 g/mol. The number of hydrogen-bond donors (Lipinski definition) is 0. The number of thiazole rings is 1. The van der Waals surface area contributed by atoms with Crippen molar-refractivity contribution in [1.82, 2.24) is 4.98 Å². The van der Waals surface area contributed by atoms with Crippen LogP contribution in [-0.2, 0) is 14.3 Å². The molecule has 0 saturated carbocycles. The Kier molecular flexibility index (Phi) is 6.15. The highest BCUT2D eigenvalue weighted by molar-refractivity contribution is 7.14. The van der Waals surface area contributed by atoms with Gasteiger partial charge in [-0.1, -0.05) is 53.6 Å². The number of rotatable bonds is 6. The molecule has 0 N–H and O–H groups in total. The Balaban J connectivity index is 1.36. The van der Waals surface area contributed by atoms with Crippen molar-refractivity contribution in [2.24, 2.45) is 5.92 Å². The fourth-order valence-corrected chi connectivity index (χ4v) is 4.26. The van der Waals surface area contributed by atoms with E-state index in [0.717, 1.165) is 16.8 Å². The summed E-state index contributed by atoms with van der Waals surface area (Å²) < 4.78 is 5.19. The maximum atomic E-state index is 12.5. The van der Waals surface area contributed by atoms with Crippen LogP contribution in [0.5, 0.6) is 0 Å². The summed E-state index contributed by atoms with van der Waals surface area (Å²) in [7, 11) is 0. The van der Waals surface area contributed by atoms with E-state index >= 15 is 0 Å². The van der Waals surface area contributed by atoms with Crippen molar-refractivity contribution in [1.29, 1.82) is 0 Å². The molecule has 2 aromatic carbocycles. The molecule has 0 aliphatic carbocycles. The lowest BCUT2D eigenvalue weighted by Crippen LogP contribution is -2.27. The molecule has 1 unspecified atom stereocenters. The van der Waals surface area contributed by atoms with Crippen molar-refractivity contribution < 1.29 is 19.1 Å². The van der Waals surface area contributed by atoms with E-state index in [-0.39, 0.29) is 31.3 Å². The normalized spacial score (nSPS) is 15.9. The molecule has 1 amide bonds. The van der Waals surface area contributed by atoms with Crippen LogP contribution in [0.4, 0.5) is 5.13 Å². The SMILES string of the molecule is Cc1ccc(C(=O)COC(=O)C2CC(=O)N(c3nc(-c4ccc(Cl)cc4)cs3)C2)cc1. The summed E-state index contributed by atoms with van der Waals surface area (Å²) in [6.07, 6.45) is 0.0351. The molecule has 1 aliphatic heterocycles. The predicted molar refractivity (Wildman–Crippen MR) is 119 cm³/mol. The highest BCUT2D eigenvalue weighted by atomic mass is 35.5. The third kappa shape index (κ3) is 4.84. The maximum Gasteiger partial charge on any atom is 0.311 e. The first-order chi connectivity index (χ1) is 14.9. The van der Waals surface area contributed by atoms with Crippen LogP contribution < -0.4 is 4.90 Å². The second-order valence-corrected chi connectivity index (χ2v) is 8.60. The van der Waals surface area contributed by atoms with Gasteiger partial charge < -0.3 is 4.74 Å². The summed E-state index contributed by atoms with van der Waals surface area (Å²) in [6.45, 7) is 1.77. The van der Waals surface area contributed by atoms with Gasteiger partial charge in [0.1, 0.15) is 0 Å². The molecule has 0 spiro atoms. The molecule has 1 aliphatic rings. The number of anilines is 1. The Hall–Kier alpha value is -3.03. The molecule has 1 saturated heterocycles. The predicted octanol–water partition coefficient (Wildman–Crippen LogP) is 4.55. The van der Waals surface area contributed by atoms with Crippen molar-refractivity contribution >= 4 is 45.7 Å². The van der Waals surface area contributed by atoms with E-state index in [2.05, 4.69) is 4.98 Å². The molecule has 0 radical (unpaired) electrons. The number of aromatic nitrogens is 1. The number of esters is 1. The van der Waals surface area contributed by atoms with E-state index in [9.17, 15) is 14.4 Å². The van der Waals surface area contributed by atoms with E-state index in [1.54, 1.807) is 24.3 Å². The lowest BCUT2D eigenvalue weighted by molar-refractivity contribution is -0.147. The van der Waals surface area contributed by atoms with Gasteiger partial charge in [-0.25, -0.2) is 4.98 Å². The molecule has 6 nitrogen and oxygen atoms in total. The molecule has 1 aromatic heterocycles. The Morgan fingerprint density at radius 1 is 1.16 bits per heavy atom. The van der Waals surface area contributed by atoms with Gasteiger partial charge in [-0.05, 0) is 19.1 Å². The topological polar surface area (TPSA) is 76.6 Å². The number of halogens is 1. The van der Waals surface area contributed by atoms with Crippen LogP contribution in [0.2, 0.25) is 5.02 Å². The van der Waals surface area contributed by atoms with Gasteiger partial charge in [-0.2, -0.15) is 0 Å². The maximum absolute atomic E-state index is 12.5. The molecule has 8 heteroatoms. The number of aryl methyl sites for hydroxylation is 1. The van der Waals surface area contributed by atoms with Crippen LogP contribution >= 0.6 is 22.9 Å². The van der Waals surface area contributed by atoms with Gasteiger partial charge in [0.05, 0.1) is 11.6 Å². The van der Waals surface area contributed by atoms with Gasteiger partial charge in [-0.3, -0.25) is 19.3 Å². The molecule has 0 bridgehead atoms. The van der Waals surface area contributed by atoms with E-state index in [1.165, 1.54) is 16.2 Å². The summed E-state index contributed by atoms with van der Waals surface area (Å²) in [5.74, 6) is -1.64. The smallest absolute Gasteiger partial charge is 0.311 e. The Morgan fingerprint density at radius 2 is 1.87 bits per heavy atom. The van der Waals surface area contributed by atoms with Crippen LogP contribution in [0.1, 0.15) is 22.3 Å². The molecule has 158 valence electrons. The van der Waals surface area contributed by atoms with Crippen molar-refractivity contribution in [3.05, 3.63) is 70.1 Å². The van der Waals surface area contributed by atoms with E-state index in [4.69, 9.17) is 16.3 Å². The fourth-order valence-electron chi connectivity index (χ4n) is 3.27. The Morgan fingerprint density at radius 3 is 2.58 bits per heavy atom.